The minimum atomic E-state index is 0.398. The van der Waals surface area contributed by atoms with Gasteiger partial charge in [-0.3, -0.25) is 10.00 Å². The van der Waals surface area contributed by atoms with E-state index in [1.807, 2.05) is 0 Å². The Labute approximate surface area is 76.9 Å². The molecule has 2 atom stereocenters. The summed E-state index contributed by atoms with van der Waals surface area (Å²) < 4.78 is 5.53. The average molecular weight is 179 g/mol. The smallest absolute Gasteiger partial charge is 0.0758 e. The van der Waals surface area contributed by atoms with Crippen LogP contribution in [-0.4, -0.2) is 35.4 Å². The number of morpholine rings is 1. The van der Waals surface area contributed by atoms with Crippen LogP contribution in [0.5, 0.6) is 0 Å². The van der Waals surface area contributed by atoms with Crippen molar-refractivity contribution in [1.29, 1.82) is 0 Å². The van der Waals surface area contributed by atoms with Gasteiger partial charge in [0.05, 0.1) is 36.7 Å². The number of hydrogen-bond donors (Lipinski definition) is 1. The summed E-state index contributed by atoms with van der Waals surface area (Å²) in [6.07, 6.45) is 0. The first-order valence-corrected chi connectivity index (χ1v) is 4.63. The zero-order valence-corrected chi connectivity index (χ0v) is 7.87. The highest BCUT2D eigenvalue weighted by Gasteiger charge is 2.42. The molecule has 0 aromatic carbocycles. The number of aromatic amines is 1. The summed E-state index contributed by atoms with van der Waals surface area (Å²) in [4.78, 5) is 2.37. The van der Waals surface area contributed by atoms with Crippen LogP contribution < -0.4 is 0 Å². The maximum atomic E-state index is 5.53. The molecule has 4 heteroatoms. The summed E-state index contributed by atoms with van der Waals surface area (Å²) in [5.74, 6) is 0. The Balaban J connectivity index is 2.18. The Bertz CT molecular complexity index is 347. The Morgan fingerprint density at radius 3 is 3.08 bits per heavy atom. The van der Waals surface area contributed by atoms with Crippen LogP contribution in [0, 0.1) is 6.92 Å². The van der Waals surface area contributed by atoms with E-state index in [1.54, 1.807) is 0 Å². The molecule has 2 unspecified atom stereocenters. The molecule has 0 saturated carbocycles. The van der Waals surface area contributed by atoms with Crippen LogP contribution in [0.4, 0.5) is 0 Å². The number of aromatic nitrogens is 2. The second-order valence-corrected chi connectivity index (χ2v) is 3.87. The van der Waals surface area contributed by atoms with Gasteiger partial charge < -0.3 is 4.74 Å². The van der Waals surface area contributed by atoms with Crippen molar-refractivity contribution in [3.8, 4) is 0 Å². The lowest BCUT2D eigenvalue weighted by molar-refractivity contribution is -0.0232. The van der Waals surface area contributed by atoms with Crippen molar-refractivity contribution in [2.75, 3.05) is 20.3 Å². The number of likely N-dealkylation sites (N-methyl/N-ethyl adjacent to an activating group) is 1. The van der Waals surface area contributed by atoms with Crippen LogP contribution in [0.2, 0.25) is 0 Å². The lowest BCUT2D eigenvalue weighted by atomic mass is 10.1. The van der Waals surface area contributed by atoms with Gasteiger partial charge >= 0.3 is 0 Å². The summed E-state index contributed by atoms with van der Waals surface area (Å²) in [7, 11) is 2.16. The number of hydrogen-bond acceptors (Lipinski definition) is 3. The Morgan fingerprint density at radius 1 is 1.46 bits per heavy atom. The van der Waals surface area contributed by atoms with Gasteiger partial charge in [0, 0.05) is 5.56 Å². The van der Waals surface area contributed by atoms with Gasteiger partial charge in [0.15, 0.2) is 0 Å². The molecular formula is C9H13N3O. The van der Waals surface area contributed by atoms with Gasteiger partial charge in [0.2, 0.25) is 0 Å². The summed E-state index contributed by atoms with van der Waals surface area (Å²) in [6, 6.07) is 0.822. The first-order valence-electron chi connectivity index (χ1n) is 4.63. The number of aryl methyl sites for hydroxylation is 1. The monoisotopic (exact) mass is 179 g/mol. The molecular weight excluding hydrogens is 166 g/mol. The highest BCUT2D eigenvalue weighted by atomic mass is 16.5. The maximum Gasteiger partial charge on any atom is 0.0758 e. The van der Waals surface area contributed by atoms with Gasteiger partial charge in [-0.1, -0.05) is 0 Å². The summed E-state index contributed by atoms with van der Waals surface area (Å²) in [6.45, 7) is 3.66. The van der Waals surface area contributed by atoms with Crippen LogP contribution >= 0.6 is 0 Å². The number of nitrogens with one attached hydrogen (secondary N) is 1. The molecule has 1 aromatic heterocycles. The van der Waals surface area contributed by atoms with Crippen molar-refractivity contribution in [2.24, 2.45) is 0 Å². The Kier molecular flexibility index (Phi) is 1.35. The van der Waals surface area contributed by atoms with E-state index in [0.717, 1.165) is 18.9 Å². The lowest BCUT2D eigenvalue weighted by Gasteiger charge is -2.31. The molecule has 1 aromatic rings. The van der Waals surface area contributed by atoms with Crippen molar-refractivity contribution in [2.45, 2.75) is 19.0 Å². The highest BCUT2D eigenvalue weighted by molar-refractivity contribution is 5.36. The number of ether oxygens (including phenoxy) is 1. The predicted molar refractivity (Wildman–Crippen MR) is 47.4 cm³/mol. The fraction of sp³-hybridized carbons (Fsp3) is 0.667. The van der Waals surface area contributed by atoms with E-state index in [2.05, 4.69) is 29.1 Å². The molecule has 0 amide bonds. The van der Waals surface area contributed by atoms with E-state index < -0.39 is 0 Å². The van der Waals surface area contributed by atoms with Gasteiger partial charge in [-0.25, -0.2) is 0 Å². The number of fused-ring (bicyclic) bond motifs is 5. The van der Waals surface area contributed by atoms with Gasteiger partial charge in [0.1, 0.15) is 0 Å². The zero-order valence-electron chi connectivity index (χ0n) is 7.87. The van der Waals surface area contributed by atoms with Crippen molar-refractivity contribution in [1.82, 2.24) is 15.1 Å². The molecule has 2 bridgehead atoms. The van der Waals surface area contributed by atoms with Gasteiger partial charge in [-0.15, -0.1) is 0 Å². The third-order valence-corrected chi connectivity index (χ3v) is 3.23. The first-order chi connectivity index (χ1) is 6.29. The minimum absolute atomic E-state index is 0.398. The molecule has 0 spiro atoms. The first kappa shape index (κ1) is 7.53. The second kappa shape index (κ2) is 2.33. The van der Waals surface area contributed by atoms with Crippen LogP contribution in [0.3, 0.4) is 0 Å². The normalized spacial score (nSPS) is 32.2. The van der Waals surface area contributed by atoms with E-state index in [0.29, 0.717) is 12.1 Å². The molecule has 4 nitrogen and oxygen atoms in total. The third kappa shape index (κ3) is 0.796. The van der Waals surface area contributed by atoms with Crippen molar-refractivity contribution in [3.63, 3.8) is 0 Å². The quantitative estimate of drug-likeness (QED) is 0.639. The predicted octanol–water partition coefficient (Wildman–Crippen LogP) is 0.776. The molecule has 13 heavy (non-hydrogen) atoms. The number of H-pyrrole nitrogens is 1. The Hall–Kier alpha value is -0.870. The van der Waals surface area contributed by atoms with Gasteiger partial charge in [0.25, 0.3) is 0 Å². The highest BCUT2D eigenvalue weighted by Crippen LogP contribution is 2.44. The molecule has 1 saturated heterocycles. The maximum absolute atomic E-state index is 5.53. The lowest BCUT2D eigenvalue weighted by Crippen LogP contribution is -2.33. The van der Waals surface area contributed by atoms with Crippen molar-refractivity contribution in [3.05, 3.63) is 17.0 Å². The second-order valence-electron chi connectivity index (χ2n) is 3.87. The molecule has 3 heterocycles. The molecule has 1 fully saturated rings. The SMILES string of the molecule is Cc1n[nH]c2c1C1COCC2N1C. The summed E-state index contributed by atoms with van der Waals surface area (Å²) in [5, 5.41) is 7.36. The standard InChI is InChI=1S/C9H13N3O/c1-5-8-6-3-13-4-7(12(6)2)9(8)11-10-5/h6-7H,3-4H2,1-2H3,(H,10,11). The number of rotatable bonds is 0. The number of nitrogens with zero attached hydrogens (tertiary/aromatic N) is 2. The van der Waals surface area contributed by atoms with E-state index in [-0.39, 0.29) is 0 Å². The van der Waals surface area contributed by atoms with Crippen LogP contribution in [0.1, 0.15) is 29.0 Å². The molecule has 2 aliphatic heterocycles. The summed E-state index contributed by atoms with van der Waals surface area (Å²) >= 11 is 0. The van der Waals surface area contributed by atoms with E-state index in [1.165, 1.54) is 11.3 Å². The van der Waals surface area contributed by atoms with Crippen LogP contribution in [0.25, 0.3) is 0 Å². The van der Waals surface area contributed by atoms with Crippen molar-refractivity contribution >= 4 is 0 Å². The molecule has 2 aliphatic rings. The van der Waals surface area contributed by atoms with Gasteiger partial charge in [-0.2, -0.15) is 5.10 Å². The van der Waals surface area contributed by atoms with Crippen molar-refractivity contribution < 1.29 is 4.74 Å². The molecule has 0 aliphatic carbocycles. The van der Waals surface area contributed by atoms with Crippen LogP contribution in [-0.2, 0) is 4.74 Å². The summed E-state index contributed by atoms with van der Waals surface area (Å²) in [5.41, 5.74) is 3.76. The molecule has 3 rings (SSSR count). The topological polar surface area (TPSA) is 41.1 Å². The van der Waals surface area contributed by atoms with E-state index in [9.17, 15) is 0 Å². The van der Waals surface area contributed by atoms with Gasteiger partial charge in [-0.05, 0) is 14.0 Å². The van der Waals surface area contributed by atoms with E-state index in [4.69, 9.17) is 4.74 Å². The molecule has 1 N–H and O–H groups in total. The minimum Gasteiger partial charge on any atom is -0.377 e. The molecule has 0 radical (unpaired) electrons. The third-order valence-electron chi connectivity index (χ3n) is 3.23. The largest absolute Gasteiger partial charge is 0.377 e. The Morgan fingerprint density at radius 2 is 2.23 bits per heavy atom. The molecule has 70 valence electrons. The van der Waals surface area contributed by atoms with Crippen LogP contribution in [0.15, 0.2) is 0 Å². The van der Waals surface area contributed by atoms with E-state index >= 15 is 0 Å². The zero-order chi connectivity index (χ0) is 9.00. The fourth-order valence-corrected chi connectivity index (χ4v) is 2.45. The average Bonchev–Trinajstić information content (AvgIpc) is 2.55. The fourth-order valence-electron chi connectivity index (χ4n) is 2.45.